The predicted molar refractivity (Wildman–Crippen MR) is 89.5 cm³/mol. The first-order chi connectivity index (χ1) is 9.93. The Kier molecular flexibility index (Phi) is 4.74. The highest BCUT2D eigenvalue weighted by atomic mass is 79.9. The number of amides is 1. The summed E-state index contributed by atoms with van der Waals surface area (Å²) >= 11 is 8.33. The lowest BCUT2D eigenvalue weighted by Gasteiger charge is -2.08. The second-order valence-corrected chi connectivity index (χ2v) is 5.95. The summed E-state index contributed by atoms with van der Waals surface area (Å²) in [5.41, 5.74) is 0.854. The number of fused-ring (bicyclic) bond motifs is 1. The Balaban J connectivity index is 2.48. The molecule has 110 valence electrons. The number of rotatable bonds is 4. The van der Waals surface area contributed by atoms with Crippen LogP contribution < -0.4 is 10.9 Å². The fraction of sp³-hybridized carbons (Fsp3) is 0.214. The number of nitrogens with one attached hydrogen (secondary N) is 2. The number of benzene rings is 1. The summed E-state index contributed by atoms with van der Waals surface area (Å²) in [5.74, 6) is -0.239. The molecule has 5 nitrogen and oxygen atoms in total. The number of carbonyl (C=O) groups is 1. The minimum Gasteiger partial charge on any atom is -0.347 e. The van der Waals surface area contributed by atoms with Crippen LogP contribution >= 0.6 is 28.1 Å². The van der Waals surface area contributed by atoms with Gasteiger partial charge >= 0.3 is 0 Å². The third kappa shape index (κ3) is 3.30. The minimum atomic E-state index is -0.239. The van der Waals surface area contributed by atoms with Gasteiger partial charge in [-0.1, -0.05) is 22.5 Å². The summed E-state index contributed by atoms with van der Waals surface area (Å²) in [4.78, 5) is 27.2. The molecule has 2 rings (SSSR count). The molecule has 0 radical (unpaired) electrons. The third-order valence-electron chi connectivity index (χ3n) is 3.00. The van der Waals surface area contributed by atoms with E-state index < -0.39 is 0 Å². The normalized spacial score (nSPS) is 10.6. The standard InChI is InChI=1S/C14H14BrN3O2S/c1-3-18-13(20)10-5-4-9(6-11(10)17-14(18)21)12(19)16-7-8(2)15/h4-6H,2-3,7H2,1H3,(H,16,19)(H,17,21). The molecule has 0 saturated heterocycles. The van der Waals surface area contributed by atoms with Crippen molar-refractivity contribution in [2.75, 3.05) is 6.54 Å². The summed E-state index contributed by atoms with van der Waals surface area (Å²) in [6, 6.07) is 4.87. The molecule has 0 spiro atoms. The van der Waals surface area contributed by atoms with E-state index in [1.54, 1.807) is 18.2 Å². The van der Waals surface area contributed by atoms with Crippen molar-refractivity contribution in [3.8, 4) is 0 Å². The smallest absolute Gasteiger partial charge is 0.262 e. The number of nitrogens with zero attached hydrogens (tertiary/aromatic N) is 1. The molecule has 1 aromatic carbocycles. The first kappa shape index (κ1) is 15.7. The maximum absolute atomic E-state index is 12.2. The largest absolute Gasteiger partial charge is 0.347 e. The first-order valence-corrected chi connectivity index (χ1v) is 7.52. The fourth-order valence-corrected chi connectivity index (χ4v) is 2.42. The van der Waals surface area contributed by atoms with Gasteiger partial charge in [-0.15, -0.1) is 0 Å². The molecule has 0 bridgehead atoms. The van der Waals surface area contributed by atoms with Crippen LogP contribution in [0, 0.1) is 4.77 Å². The van der Waals surface area contributed by atoms with Crippen LogP contribution in [-0.2, 0) is 6.54 Å². The third-order valence-corrected chi connectivity index (χ3v) is 3.60. The van der Waals surface area contributed by atoms with Gasteiger partial charge in [-0.05, 0) is 37.3 Å². The zero-order valence-electron chi connectivity index (χ0n) is 11.4. The SMILES string of the molecule is C=C(Br)CNC(=O)c1ccc2c(=O)n(CC)c(=S)[nH]c2c1. The number of aromatic amines is 1. The van der Waals surface area contributed by atoms with Gasteiger partial charge in [0.25, 0.3) is 11.5 Å². The molecule has 0 unspecified atom stereocenters. The van der Waals surface area contributed by atoms with Gasteiger partial charge in [-0.3, -0.25) is 14.2 Å². The fourth-order valence-electron chi connectivity index (χ4n) is 1.96. The van der Waals surface area contributed by atoms with E-state index in [4.69, 9.17) is 12.2 Å². The molecule has 0 aliphatic heterocycles. The average Bonchev–Trinajstić information content (AvgIpc) is 2.44. The van der Waals surface area contributed by atoms with Gasteiger partial charge in [-0.25, -0.2) is 0 Å². The monoisotopic (exact) mass is 367 g/mol. The Bertz CT molecular complexity index is 838. The van der Waals surface area contributed by atoms with E-state index in [1.165, 1.54) is 4.57 Å². The molecule has 0 fully saturated rings. The van der Waals surface area contributed by atoms with E-state index in [0.717, 1.165) is 0 Å². The van der Waals surface area contributed by atoms with Crippen LogP contribution in [0.4, 0.5) is 0 Å². The van der Waals surface area contributed by atoms with Crippen LogP contribution in [0.1, 0.15) is 17.3 Å². The van der Waals surface area contributed by atoms with E-state index in [-0.39, 0.29) is 11.5 Å². The Hall–Kier alpha value is -1.73. The lowest BCUT2D eigenvalue weighted by atomic mass is 10.1. The van der Waals surface area contributed by atoms with Gasteiger partial charge in [0, 0.05) is 23.1 Å². The van der Waals surface area contributed by atoms with Crippen LogP contribution in [0.15, 0.2) is 34.1 Å². The van der Waals surface area contributed by atoms with Gasteiger partial charge in [-0.2, -0.15) is 0 Å². The van der Waals surface area contributed by atoms with Crippen molar-refractivity contribution in [3.05, 3.63) is 49.9 Å². The lowest BCUT2D eigenvalue weighted by Crippen LogP contribution is -2.25. The van der Waals surface area contributed by atoms with Crippen molar-refractivity contribution < 1.29 is 4.79 Å². The molecular weight excluding hydrogens is 354 g/mol. The van der Waals surface area contributed by atoms with Crippen molar-refractivity contribution in [1.29, 1.82) is 0 Å². The van der Waals surface area contributed by atoms with Crippen LogP contribution in [0.3, 0.4) is 0 Å². The molecule has 2 aromatic rings. The quantitative estimate of drug-likeness (QED) is 0.816. The van der Waals surface area contributed by atoms with E-state index >= 15 is 0 Å². The number of H-pyrrole nitrogens is 1. The molecule has 0 atom stereocenters. The summed E-state index contributed by atoms with van der Waals surface area (Å²) < 4.78 is 2.51. The topological polar surface area (TPSA) is 66.9 Å². The van der Waals surface area contributed by atoms with Crippen LogP contribution in [0.2, 0.25) is 0 Å². The van der Waals surface area contributed by atoms with Crippen molar-refractivity contribution in [2.24, 2.45) is 0 Å². The highest BCUT2D eigenvalue weighted by Crippen LogP contribution is 2.11. The van der Waals surface area contributed by atoms with E-state index in [1.807, 2.05) is 6.92 Å². The second kappa shape index (κ2) is 6.36. The zero-order chi connectivity index (χ0) is 15.6. The molecule has 7 heteroatoms. The molecule has 0 aliphatic rings. The minimum absolute atomic E-state index is 0.156. The van der Waals surface area contributed by atoms with Crippen LogP contribution in [0.25, 0.3) is 10.9 Å². The number of carbonyl (C=O) groups excluding carboxylic acids is 1. The number of hydrogen-bond acceptors (Lipinski definition) is 3. The van der Waals surface area contributed by atoms with Crippen LogP contribution in [0.5, 0.6) is 0 Å². The Morgan fingerprint density at radius 2 is 2.24 bits per heavy atom. The zero-order valence-corrected chi connectivity index (χ0v) is 13.8. The maximum atomic E-state index is 12.2. The van der Waals surface area contributed by atoms with Gasteiger partial charge < -0.3 is 10.3 Å². The van der Waals surface area contributed by atoms with E-state index in [9.17, 15) is 9.59 Å². The Labute approximate surface area is 134 Å². The molecule has 0 saturated carbocycles. The molecule has 1 heterocycles. The van der Waals surface area contributed by atoms with Gasteiger partial charge in [0.05, 0.1) is 10.9 Å². The van der Waals surface area contributed by atoms with Crippen molar-refractivity contribution in [2.45, 2.75) is 13.5 Å². The Morgan fingerprint density at radius 3 is 2.86 bits per heavy atom. The Morgan fingerprint density at radius 1 is 1.52 bits per heavy atom. The highest BCUT2D eigenvalue weighted by molar-refractivity contribution is 9.11. The summed E-state index contributed by atoms with van der Waals surface area (Å²) in [7, 11) is 0. The molecule has 21 heavy (non-hydrogen) atoms. The average molecular weight is 368 g/mol. The van der Waals surface area contributed by atoms with E-state index in [0.29, 0.717) is 38.8 Å². The van der Waals surface area contributed by atoms with E-state index in [2.05, 4.69) is 32.8 Å². The number of halogens is 1. The predicted octanol–water partition coefficient (Wildman–Crippen LogP) is 2.72. The molecule has 1 aromatic heterocycles. The van der Waals surface area contributed by atoms with Gasteiger partial charge in [0.1, 0.15) is 0 Å². The summed E-state index contributed by atoms with van der Waals surface area (Å²) in [5, 5.41) is 3.21. The molecule has 2 N–H and O–H groups in total. The van der Waals surface area contributed by atoms with Crippen LogP contribution in [-0.4, -0.2) is 22.0 Å². The van der Waals surface area contributed by atoms with Crippen molar-refractivity contribution in [1.82, 2.24) is 14.9 Å². The molecule has 1 amide bonds. The highest BCUT2D eigenvalue weighted by Gasteiger charge is 2.09. The second-order valence-electron chi connectivity index (χ2n) is 4.44. The van der Waals surface area contributed by atoms with Crippen molar-refractivity contribution in [3.63, 3.8) is 0 Å². The number of hydrogen-bond donors (Lipinski definition) is 2. The lowest BCUT2D eigenvalue weighted by molar-refractivity contribution is 0.0958. The summed E-state index contributed by atoms with van der Waals surface area (Å²) in [6.07, 6.45) is 0. The molecular formula is C14H14BrN3O2S. The van der Waals surface area contributed by atoms with Crippen molar-refractivity contribution >= 4 is 45.0 Å². The first-order valence-electron chi connectivity index (χ1n) is 6.32. The maximum Gasteiger partial charge on any atom is 0.262 e. The molecule has 0 aliphatic carbocycles. The number of aromatic nitrogens is 2. The summed E-state index contributed by atoms with van der Waals surface area (Å²) in [6.45, 7) is 6.34. The van der Waals surface area contributed by atoms with Gasteiger partial charge in [0.15, 0.2) is 4.77 Å². The van der Waals surface area contributed by atoms with Gasteiger partial charge in [0.2, 0.25) is 0 Å².